The van der Waals surface area contributed by atoms with E-state index in [-0.39, 0.29) is 11.5 Å². The summed E-state index contributed by atoms with van der Waals surface area (Å²) in [4.78, 5) is 19.7. The lowest BCUT2D eigenvalue weighted by Gasteiger charge is -2.06. The van der Waals surface area contributed by atoms with Crippen molar-refractivity contribution in [2.45, 2.75) is 6.42 Å². The van der Waals surface area contributed by atoms with Crippen molar-refractivity contribution < 1.29 is 9.18 Å². The number of carbonyl (C=O) groups is 1. The number of aromatic nitrogens is 2. The Balaban J connectivity index is 1.66. The van der Waals surface area contributed by atoms with E-state index in [4.69, 9.17) is 5.73 Å². The summed E-state index contributed by atoms with van der Waals surface area (Å²) in [6.45, 7) is 0.963. The molecule has 0 unspecified atom stereocenters. The summed E-state index contributed by atoms with van der Waals surface area (Å²) >= 11 is 0. The Labute approximate surface area is 155 Å². The van der Waals surface area contributed by atoms with E-state index in [9.17, 15) is 9.18 Å². The number of fused-ring (bicyclic) bond motifs is 2. The molecule has 27 heavy (non-hydrogen) atoms. The van der Waals surface area contributed by atoms with Crippen LogP contribution < -0.4 is 11.1 Å². The van der Waals surface area contributed by atoms with Crippen molar-refractivity contribution in [3.63, 3.8) is 0 Å². The molecule has 1 aromatic heterocycles. The Morgan fingerprint density at radius 2 is 1.89 bits per heavy atom. The Morgan fingerprint density at radius 1 is 1.11 bits per heavy atom. The first-order chi connectivity index (χ1) is 13.2. The van der Waals surface area contributed by atoms with Crippen LogP contribution in [0.4, 0.5) is 4.39 Å². The Kier molecular flexibility index (Phi) is 4.56. The predicted molar refractivity (Wildman–Crippen MR) is 105 cm³/mol. The van der Waals surface area contributed by atoms with E-state index < -0.39 is 5.82 Å². The number of rotatable bonds is 5. The van der Waals surface area contributed by atoms with E-state index in [0.29, 0.717) is 30.9 Å². The second-order valence-electron chi connectivity index (χ2n) is 6.39. The molecule has 0 saturated carbocycles. The van der Waals surface area contributed by atoms with E-state index in [1.54, 1.807) is 12.1 Å². The van der Waals surface area contributed by atoms with E-state index in [1.807, 2.05) is 36.4 Å². The molecule has 0 aliphatic heterocycles. The van der Waals surface area contributed by atoms with Crippen LogP contribution in [0.15, 0.2) is 54.6 Å². The van der Waals surface area contributed by atoms with Gasteiger partial charge in [-0.3, -0.25) is 4.79 Å². The van der Waals surface area contributed by atoms with Gasteiger partial charge < -0.3 is 16.0 Å². The molecule has 0 radical (unpaired) electrons. The van der Waals surface area contributed by atoms with Crippen molar-refractivity contribution in [3.05, 3.63) is 66.0 Å². The van der Waals surface area contributed by atoms with Crippen LogP contribution in [0.1, 0.15) is 16.8 Å². The largest absolute Gasteiger partial charge is 0.352 e. The molecule has 0 aliphatic carbocycles. The Bertz CT molecular complexity index is 1080. The molecule has 0 spiro atoms. The molecule has 0 bridgehead atoms. The summed E-state index contributed by atoms with van der Waals surface area (Å²) in [5.41, 5.74) is 7.61. The monoisotopic (exact) mass is 362 g/mol. The maximum Gasteiger partial charge on any atom is 0.251 e. The highest BCUT2D eigenvalue weighted by Gasteiger charge is 2.14. The molecule has 0 saturated heterocycles. The molecule has 3 aromatic carbocycles. The van der Waals surface area contributed by atoms with Gasteiger partial charge in [-0.15, -0.1) is 0 Å². The SMILES string of the molecule is NCCCNC(=O)c1ccc(-c2nc3cc4ccccc4cc3[nH]2)c(F)c1. The number of halogens is 1. The van der Waals surface area contributed by atoms with Crippen LogP contribution in [-0.2, 0) is 0 Å². The van der Waals surface area contributed by atoms with E-state index in [0.717, 1.165) is 21.8 Å². The zero-order valence-electron chi connectivity index (χ0n) is 14.6. The molecule has 1 amide bonds. The van der Waals surface area contributed by atoms with Crippen LogP contribution in [0.25, 0.3) is 33.2 Å². The number of nitrogens with zero attached hydrogens (tertiary/aromatic N) is 1. The number of H-pyrrole nitrogens is 1. The van der Waals surface area contributed by atoms with Gasteiger partial charge >= 0.3 is 0 Å². The number of carbonyl (C=O) groups excluding carboxylic acids is 1. The molecule has 0 atom stereocenters. The van der Waals surface area contributed by atoms with Gasteiger partial charge in [0.1, 0.15) is 11.6 Å². The predicted octanol–water partition coefficient (Wildman–Crippen LogP) is 3.60. The number of benzene rings is 3. The van der Waals surface area contributed by atoms with Crippen LogP contribution in [0.5, 0.6) is 0 Å². The minimum absolute atomic E-state index is 0.273. The fraction of sp³-hybridized carbons (Fsp3) is 0.143. The highest BCUT2D eigenvalue weighted by Crippen LogP contribution is 2.27. The average molecular weight is 362 g/mol. The van der Waals surface area contributed by atoms with Crippen molar-refractivity contribution in [1.29, 1.82) is 0 Å². The number of amides is 1. The van der Waals surface area contributed by atoms with E-state index in [1.165, 1.54) is 6.07 Å². The van der Waals surface area contributed by atoms with Gasteiger partial charge in [-0.1, -0.05) is 24.3 Å². The third-order valence-corrected chi connectivity index (χ3v) is 4.50. The third kappa shape index (κ3) is 3.39. The van der Waals surface area contributed by atoms with Crippen LogP contribution in [0, 0.1) is 5.82 Å². The van der Waals surface area contributed by atoms with Gasteiger partial charge in [0.2, 0.25) is 0 Å². The van der Waals surface area contributed by atoms with Gasteiger partial charge in [-0.2, -0.15) is 0 Å². The molecular weight excluding hydrogens is 343 g/mol. The first-order valence-electron chi connectivity index (χ1n) is 8.82. The van der Waals surface area contributed by atoms with Gasteiger partial charge in [0.15, 0.2) is 0 Å². The number of aromatic amines is 1. The second kappa shape index (κ2) is 7.17. The average Bonchev–Trinajstić information content (AvgIpc) is 3.08. The Hall–Kier alpha value is -3.25. The second-order valence-corrected chi connectivity index (χ2v) is 6.39. The number of hydrogen-bond acceptors (Lipinski definition) is 3. The molecule has 4 N–H and O–H groups in total. The minimum Gasteiger partial charge on any atom is -0.352 e. The standard InChI is InChI=1S/C21H19FN4O/c22-17-10-15(21(27)24-9-3-8-23)6-7-16(17)20-25-18-11-13-4-1-2-5-14(13)12-19(18)26-20/h1-2,4-7,10-12H,3,8-9,23H2,(H,24,27)(H,25,26). The normalized spacial score (nSPS) is 11.2. The maximum absolute atomic E-state index is 14.6. The number of imidazole rings is 1. The summed E-state index contributed by atoms with van der Waals surface area (Å²) in [6, 6.07) is 16.4. The molecule has 4 aromatic rings. The molecule has 6 heteroatoms. The fourth-order valence-electron chi connectivity index (χ4n) is 3.08. The molecule has 0 fully saturated rings. The molecule has 136 valence electrons. The van der Waals surface area contributed by atoms with Crippen LogP contribution in [0.2, 0.25) is 0 Å². The van der Waals surface area contributed by atoms with Gasteiger partial charge in [0, 0.05) is 12.1 Å². The van der Waals surface area contributed by atoms with Crippen molar-refractivity contribution >= 4 is 27.7 Å². The topological polar surface area (TPSA) is 83.8 Å². The summed E-state index contributed by atoms with van der Waals surface area (Å²) in [5, 5.41) is 4.88. The number of nitrogens with one attached hydrogen (secondary N) is 2. The van der Waals surface area contributed by atoms with Crippen LogP contribution in [-0.4, -0.2) is 29.0 Å². The van der Waals surface area contributed by atoms with Crippen molar-refractivity contribution in [2.75, 3.05) is 13.1 Å². The fourth-order valence-corrected chi connectivity index (χ4v) is 3.08. The first kappa shape index (κ1) is 17.2. The zero-order valence-corrected chi connectivity index (χ0v) is 14.6. The first-order valence-corrected chi connectivity index (χ1v) is 8.82. The molecule has 1 heterocycles. The summed E-state index contributed by atoms with van der Waals surface area (Å²) in [5.74, 6) is -0.372. The molecule has 0 aliphatic rings. The molecule has 4 rings (SSSR count). The Morgan fingerprint density at radius 3 is 2.63 bits per heavy atom. The highest BCUT2D eigenvalue weighted by molar-refractivity contribution is 5.97. The lowest BCUT2D eigenvalue weighted by Crippen LogP contribution is -2.26. The van der Waals surface area contributed by atoms with Crippen molar-refractivity contribution in [3.8, 4) is 11.4 Å². The lowest BCUT2D eigenvalue weighted by molar-refractivity contribution is 0.0953. The zero-order chi connectivity index (χ0) is 18.8. The minimum atomic E-state index is -0.495. The van der Waals surface area contributed by atoms with Crippen LogP contribution >= 0.6 is 0 Å². The third-order valence-electron chi connectivity index (χ3n) is 4.50. The maximum atomic E-state index is 14.6. The lowest BCUT2D eigenvalue weighted by atomic mass is 10.1. The van der Waals surface area contributed by atoms with E-state index >= 15 is 0 Å². The number of nitrogens with two attached hydrogens (primary N) is 1. The van der Waals surface area contributed by atoms with Gasteiger partial charge in [-0.25, -0.2) is 9.37 Å². The van der Waals surface area contributed by atoms with Crippen molar-refractivity contribution in [2.24, 2.45) is 5.73 Å². The highest BCUT2D eigenvalue weighted by atomic mass is 19.1. The van der Waals surface area contributed by atoms with Gasteiger partial charge in [0.05, 0.1) is 16.6 Å². The van der Waals surface area contributed by atoms with Crippen molar-refractivity contribution in [1.82, 2.24) is 15.3 Å². The summed E-state index contributed by atoms with van der Waals surface area (Å²) in [7, 11) is 0. The van der Waals surface area contributed by atoms with Gasteiger partial charge in [0.25, 0.3) is 5.91 Å². The quantitative estimate of drug-likeness (QED) is 0.474. The smallest absolute Gasteiger partial charge is 0.251 e. The number of hydrogen-bond donors (Lipinski definition) is 3. The van der Waals surface area contributed by atoms with Crippen LogP contribution in [0.3, 0.4) is 0 Å². The summed E-state index contributed by atoms with van der Waals surface area (Å²) in [6.07, 6.45) is 0.680. The summed E-state index contributed by atoms with van der Waals surface area (Å²) < 4.78 is 14.6. The van der Waals surface area contributed by atoms with E-state index in [2.05, 4.69) is 15.3 Å². The molecular formula is C21H19FN4O. The molecule has 5 nitrogen and oxygen atoms in total. The van der Waals surface area contributed by atoms with Gasteiger partial charge in [-0.05, 0) is 54.1 Å².